The monoisotopic (exact) mass is 238 g/mol. The third kappa shape index (κ3) is 2.58. The van der Waals surface area contributed by atoms with Gasteiger partial charge in [-0.15, -0.1) is 0 Å². The zero-order valence-corrected chi connectivity index (χ0v) is 9.69. The van der Waals surface area contributed by atoms with Crippen molar-refractivity contribution in [1.29, 1.82) is 0 Å². The van der Waals surface area contributed by atoms with Gasteiger partial charge in [0.05, 0.1) is 12.9 Å². The summed E-state index contributed by atoms with van der Waals surface area (Å²) in [6.07, 6.45) is 4.75. The van der Waals surface area contributed by atoms with Gasteiger partial charge in [0.2, 0.25) is 5.88 Å². The van der Waals surface area contributed by atoms with Crippen LogP contribution in [0.25, 0.3) is 0 Å². The number of ether oxygens (including phenoxy) is 1. The minimum absolute atomic E-state index is 0.0368. The van der Waals surface area contributed by atoms with Gasteiger partial charge < -0.3 is 21.2 Å². The van der Waals surface area contributed by atoms with E-state index in [1.807, 2.05) is 0 Å². The molecule has 0 amide bonds. The number of hydrogen-bond acceptors (Lipinski definition) is 5. The van der Waals surface area contributed by atoms with E-state index >= 15 is 0 Å². The van der Waals surface area contributed by atoms with Crippen LogP contribution in [0.2, 0.25) is 0 Å². The predicted molar refractivity (Wildman–Crippen MR) is 64.7 cm³/mol. The van der Waals surface area contributed by atoms with Gasteiger partial charge in [0, 0.05) is 0 Å². The topological polar surface area (TPSA) is 107 Å². The molecule has 0 bridgehead atoms. The SMILES string of the molecule is NCC1CCCC1COc1nc[nH]c(=O)c1N. The Hall–Kier alpha value is -1.56. The molecule has 6 nitrogen and oxygen atoms in total. The number of aromatic nitrogens is 2. The molecule has 0 aromatic carbocycles. The molecule has 1 aromatic rings. The van der Waals surface area contributed by atoms with Gasteiger partial charge in [0.1, 0.15) is 0 Å². The highest BCUT2D eigenvalue weighted by molar-refractivity contribution is 5.44. The van der Waals surface area contributed by atoms with E-state index in [1.165, 1.54) is 12.7 Å². The van der Waals surface area contributed by atoms with E-state index < -0.39 is 0 Å². The number of anilines is 1. The van der Waals surface area contributed by atoms with Gasteiger partial charge in [0.25, 0.3) is 5.56 Å². The lowest BCUT2D eigenvalue weighted by atomic mass is 9.97. The first-order valence-electron chi connectivity index (χ1n) is 5.88. The minimum Gasteiger partial charge on any atom is -0.476 e. The van der Waals surface area contributed by atoms with Gasteiger partial charge in [-0.1, -0.05) is 6.42 Å². The molecule has 6 heteroatoms. The first-order chi connectivity index (χ1) is 8.22. The van der Waals surface area contributed by atoms with Crippen molar-refractivity contribution in [1.82, 2.24) is 9.97 Å². The Morgan fingerprint density at radius 2 is 2.24 bits per heavy atom. The Labute approximate surface area is 99.4 Å². The molecule has 0 aliphatic heterocycles. The molecule has 1 saturated carbocycles. The molecule has 1 heterocycles. The Bertz CT molecular complexity index is 432. The summed E-state index contributed by atoms with van der Waals surface area (Å²) in [6.45, 7) is 1.22. The summed E-state index contributed by atoms with van der Waals surface area (Å²) in [6, 6.07) is 0. The maximum Gasteiger partial charge on any atom is 0.277 e. The molecule has 94 valence electrons. The second kappa shape index (κ2) is 5.18. The van der Waals surface area contributed by atoms with Crippen molar-refractivity contribution in [2.24, 2.45) is 17.6 Å². The number of aromatic amines is 1. The molecule has 1 aliphatic rings. The first kappa shape index (κ1) is 11.9. The summed E-state index contributed by atoms with van der Waals surface area (Å²) in [5.74, 6) is 1.18. The van der Waals surface area contributed by atoms with Crippen LogP contribution in [0, 0.1) is 11.8 Å². The van der Waals surface area contributed by atoms with E-state index in [4.69, 9.17) is 16.2 Å². The predicted octanol–water partition coefficient (Wildman–Crippen LogP) is 0.106. The number of hydrogen-bond donors (Lipinski definition) is 3. The smallest absolute Gasteiger partial charge is 0.277 e. The highest BCUT2D eigenvalue weighted by atomic mass is 16.5. The number of nitrogens with zero attached hydrogens (tertiary/aromatic N) is 1. The second-order valence-electron chi connectivity index (χ2n) is 4.45. The van der Waals surface area contributed by atoms with Crippen LogP contribution in [-0.2, 0) is 0 Å². The molecule has 5 N–H and O–H groups in total. The van der Waals surface area contributed by atoms with E-state index in [0.717, 1.165) is 12.8 Å². The van der Waals surface area contributed by atoms with Crippen LogP contribution < -0.4 is 21.8 Å². The molecular formula is C11H18N4O2. The van der Waals surface area contributed by atoms with E-state index in [-0.39, 0.29) is 17.1 Å². The Morgan fingerprint density at radius 1 is 1.47 bits per heavy atom. The molecule has 2 atom stereocenters. The number of nitrogen functional groups attached to an aromatic ring is 1. The average molecular weight is 238 g/mol. The molecular weight excluding hydrogens is 220 g/mol. The molecule has 0 spiro atoms. The highest BCUT2D eigenvalue weighted by Crippen LogP contribution is 2.31. The van der Waals surface area contributed by atoms with Gasteiger partial charge in [-0.05, 0) is 31.2 Å². The number of rotatable bonds is 4. The zero-order valence-electron chi connectivity index (χ0n) is 9.69. The third-order valence-electron chi connectivity index (χ3n) is 3.41. The first-order valence-corrected chi connectivity index (χ1v) is 5.88. The molecule has 2 rings (SSSR count). The fourth-order valence-corrected chi connectivity index (χ4v) is 2.34. The normalized spacial score (nSPS) is 23.8. The summed E-state index contributed by atoms with van der Waals surface area (Å²) >= 11 is 0. The molecule has 0 radical (unpaired) electrons. The molecule has 1 aromatic heterocycles. The van der Waals surface area contributed by atoms with Gasteiger partial charge >= 0.3 is 0 Å². The quantitative estimate of drug-likeness (QED) is 0.690. The second-order valence-corrected chi connectivity index (χ2v) is 4.45. The van der Waals surface area contributed by atoms with Crippen molar-refractivity contribution in [3.63, 3.8) is 0 Å². The lowest BCUT2D eigenvalue weighted by molar-refractivity contribution is 0.211. The molecule has 1 aliphatic carbocycles. The van der Waals surface area contributed by atoms with Crippen molar-refractivity contribution >= 4 is 5.69 Å². The van der Waals surface area contributed by atoms with Crippen molar-refractivity contribution in [2.75, 3.05) is 18.9 Å². The van der Waals surface area contributed by atoms with E-state index in [9.17, 15) is 4.79 Å². The fourth-order valence-electron chi connectivity index (χ4n) is 2.34. The number of H-pyrrole nitrogens is 1. The van der Waals surface area contributed by atoms with Gasteiger partial charge in [0.15, 0.2) is 5.69 Å². The Kier molecular flexibility index (Phi) is 3.63. The summed E-state index contributed by atoms with van der Waals surface area (Å²) in [7, 11) is 0. The largest absolute Gasteiger partial charge is 0.476 e. The zero-order chi connectivity index (χ0) is 12.3. The van der Waals surface area contributed by atoms with E-state index in [0.29, 0.717) is 25.0 Å². The summed E-state index contributed by atoms with van der Waals surface area (Å²) < 4.78 is 5.52. The van der Waals surface area contributed by atoms with Crippen molar-refractivity contribution in [2.45, 2.75) is 19.3 Å². The van der Waals surface area contributed by atoms with Gasteiger partial charge in [-0.2, -0.15) is 0 Å². The molecule has 0 saturated heterocycles. The average Bonchev–Trinajstić information content (AvgIpc) is 2.78. The summed E-state index contributed by atoms with van der Waals surface area (Å²) in [5.41, 5.74) is 10.9. The Morgan fingerprint density at radius 3 is 3.00 bits per heavy atom. The summed E-state index contributed by atoms with van der Waals surface area (Å²) in [4.78, 5) is 17.5. The lowest BCUT2D eigenvalue weighted by Gasteiger charge is -2.18. The van der Waals surface area contributed by atoms with Crippen LogP contribution in [0.5, 0.6) is 5.88 Å². The fraction of sp³-hybridized carbons (Fsp3) is 0.636. The number of nitrogens with one attached hydrogen (secondary N) is 1. The van der Waals surface area contributed by atoms with Crippen molar-refractivity contribution in [3.05, 3.63) is 16.7 Å². The maximum absolute atomic E-state index is 11.2. The van der Waals surface area contributed by atoms with Crippen molar-refractivity contribution in [3.8, 4) is 5.88 Å². The summed E-state index contributed by atoms with van der Waals surface area (Å²) in [5, 5.41) is 0. The van der Waals surface area contributed by atoms with Crippen LogP contribution in [0.15, 0.2) is 11.1 Å². The number of nitrogens with two attached hydrogens (primary N) is 2. The molecule has 1 fully saturated rings. The van der Waals surface area contributed by atoms with Crippen LogP contribution in [0.1, 0.15) is 19.3 Å². The van der Waals surface area contributed by atoms with E-state index in [2.05, 4.69) is 9.97 Å². The van der Waals surface area contributed by atoms with Crippen LogP contribution in [0.4, 0.5) is 5.69 Å². The van der Waals surface area contributed by atoms with Crippen molar-refractivity contribution < 1.29 is 4.74 Å². The minimum atomic E-state index is -0.364. The van der Waals surface area contributed by atoms with Crippen LogP contribution in [-0.4, -0.2) is 23.1 Å². The van der Waals surface area contributed by atoms with Crippen LogP contribution in [0.3, 0.4) is 0 Å². The maximum atomic E-state index is 11.2. The van der Waals surface area contributed by atoms with E-state index in [1.54, 1.807) is 0 Å². The Balaban J connectivity index is 1.98. The molecule has 17 heavy (non-hydrogen) atoms. The molecule has 2 unspecified atom stereocenters. The van der Waals surface area contributed by atoms with Crippen LogP contribution >= 0.6 is 0 Å². The highest BCUT2D eigenvalue weighted by Gasteiger charge is 2.26. The lowest BCUT2D eigenvalue weighted by Crippen LogP contribution is -2.24. The standard InChI is InChI=1S/C11H18N4O2/c12-4-7-2-1-3-8(7)5-17-11-9(13)10(16)14-6-15-11/h6-8H,1-5,12-13H2,(H,14,15,16). The third-order valence-corrected chi connectivity index (χ3v) is 3.41. The van der Waals surface area contributed by atoms with Gasteiger partial charge in [-0.25, -0.2) is 4.98 Å². The van der Waals surface area contributed by atoms with Gasteiger partial charge in [-0.3, -0.25) is 4.79 Å².